The number of imide groups is 1. The summed E-state index contributed by atoms with van der Waals surface area (Å²) in [6.07, 6.45) is 4.40. The van der Waals surface area contributed by atoms with Crippen LogP contribution in [0.4, 0.5) is 19.3 Å². The van der Waals surface area contributed by atoms with Crippen molar-refractivity contribution in [2.45, 2.75) is 51.0 Å². The molecular weight excluding hydrogens is 340 g/mol. The van der Waals surface area contributed by atoms with Crippen molar-refractivity contribution in [2.24, 2.45) is 5.92 Å². The number of carbonyl (C=O) groups is 2. The summed E-state index contributed by atoms with van der Waals surface area (Å²) in [7, 11) is 0. The van der Waals surface area contributed by atoms with Crippen molar-refractivity contribution in [3.63, 3.8) is 0 Å². The lowest BCUT2D eigenvalue weighted by Crippen LogP contribution is -2.50. The number of nitrogens with zero attached hydrogens (tertiary/aromatic N) is 2. The molecule has 26 heavy (non-hydrogen) atoms. The Morgan fingerprint density at radius 2 is 1.96 bits per heavy atom. The zero-order valence-electron chi connectivity index (χ0n) is 14.9. The topological polar surface area (TPSA) is 52.7 Å². The Morgan fingerprint density at radius 1 is 1.23 bits per heavy atom. The van der Waals surface area contributed by atoms with Gasteiger partial charge in [0, 0.05) is 12.6 Å². The van der Waals surface area contributed by atoms with Gasteiger partial charge in [-0.25, -0.2) is 18.5 Å². The summed E-state index contributed by atoms with van der Waals surface area (Å²) < 4.78 is 27.9. The van der Waals surface area contributed by atoms with E-state index in [4.69, 9.17) is 0 Å². The van der Waals surface area contributed by atoms with Gasteiger partial charge in [0.25, 0.3) is 5.91 Å². The van der Waals surface area contributed by atoms with Crippen molar-refractivity contribution < 1.29 is 18.4 Å². The standard InChI is InChI=1S/C19H23F2N3O2/c1-12-4-6-19(7-5-12)17(25)24(18(26)22-19)11-23-8-2-3-13-9-14(20)10-15(21)16(13)23/h9-10,12H,2-8,11H2,1H3,(H,22,26). The lowest BCUT2D eigenvalue weighted by molar-refractivity contribution is -0.132. The van der Waals surface area contributed by atoms with E-state index < -0.39 is 23.2 Å². The van der Waals surface area contributed by atoms with Crippen LogP contribution in [0.2, 0.25) is 0 Å². The predicted molar refractivity (Wildman–Crippen MR) is 92.6 cm³/mol. The highest BCUT2D eigenvalue weighted by atomic mass is 19.1. The minimum Gasteiger partial charge on any atom is -0.351 e. The van der Waals surface area contributed by atoms with Crippen molar-refractivity contribution in [2.75, 3.05) is 18.1 Å². The minimum absolute atomic E-state index is 0.00246. The summed E-state index contributed by atoms with van der Waals surface area (Å²) in [4.78, 5) is 28.3. The molecule has 0 atom stereocenters. The Morgan fingerprint density at radius 3 is 2.69 bits per heavy atom. The Kier molecular flexibility index (Phi) is 4.12. The fraction of sp³-hybridized carbons (Fsp3) is 0.579. The number of halogens is 2. The van der Waals surface area contributed by atoms with E-state index in [1.54, 1.807) is 4.90 Å². The van der Waals surface area contributed by atoms with Crippen molar-refractivity contribution in [1.82, 2.24) is 10.2 Å². The van der Waals surface area contributed by atoms with Crippen LogP contribution in [0.3, 0.4) is 0 Å². The molecule has 1 aromatic carbocycles. The molecule has 1 N–H and O–H groups in total. The number of urea groups is 1. The second kappa shape index (κ2) is 6.21. The number of nitrogens with one attached hydrogen (secondary N) is 1. The highest BCUT2D eigenvalue weighted by Gasteiger charge is 2.52. The van der Waals surface area contributed by atoms with Gasteiger partial charge in [-0.1, -0.05) is 6.92 Å². The van der Waals surface area contributed by atoms with Crippen LogP contribution in [0.5, 0.6) is 0 Å². The van der Waals surface area contributed by atoms with E-state index >= 15 is 0 Å². The molecule has 4 rings (SSSR count). The summed E-state index contributed by atoms with van der Waals surface area (Å²) >= 11 is 0. The highest BCUT2D eigenvalue weighted by molar-refractivity contribution is 6.07. The largest absolute Gasteiger partial charge is 0.351 e. The van der Waals surface area contributed by atoms with E-state index in [2.05, 4.69) is 12.2 Å². The molecule has 1 saturated carbocycles. The molecule has 0 bridgehead atoms. The molecule has 5 nitrogen and oxygen atoms in total. The number of anilines is 1. The van der Waals surface area contributed by atoms with Crippen molar-refractivity contribution in [3.05, 3.63) is 29.3 Å². The van der Waals surface area contributed by atoms with Gasteiger partial charge in [0.05, 0.1) is 5.69 Å². The van der Waals surface area contributed by atoms with Gasteiger partial charge in [0.1, 0.15) is 23.8 Å². The number of benzene rings is 1. The number of hydrogen-bond donors (Lipinski definition) is 1. The maximum absolute atomic E-state index is 14.4. The van der Waals surface area contributed by atoms with E-state index in [-0.39, 0.29) is 12.6 Å². The van der Waals surface area contributed by atoms with E-state index in [1.807, 2.05) is 0 Å². The van der Waals surface area contributed by atoms with Crippen LogP contribution in [-0.2, 0) is 11.2 Å². The number of carbonyl (C=O) groups excluding carboxylic acids is 2. The first-order valence-corrected chi connectivity index (χ1v) is 9.26. The van der Waals surface area contributed by atoms with Gasteiger partial charge in [-0.05, 0) is 56.1 Å². The molecule has 0 unspecified atom stereocenters. The number of hydrogen-bond acceptors (Lipinski definition) is 3. The van der Waals surface area contributed by atoms with Gasteiger partial charge in [0.15, 0.2) is 0 Å². The van der Waals surface area contributed by atoms with Crippen LogP contribution in [0.1, 0.15) is 44.6 Å². The van der Waals surface area contributed by atoms with Crippen LogP contribution >= 0.6 is 0 Å². The zero-order chi connectivity index (χ0) is 18.5. The Bertz CT molecular complexity index is 759. The van der Waals surface area contributed by atoms with Crippen molar-refractivity contribution in [1.29, 1.82) is 0 Å². The molecular formula is C19H23F2N3O2. The summed E-state index contributed by atoms with van der Waals surface area (Å²) in [6.45, 7) is 2.67. The average Bonchev–Trinajstić information content (AvgIpc) is 2.82. The van der Waals surface area contributed by atoms with E-state index in [0.29, 0.717) is 43.0 Å². The monoisotopic (exact) mass is 363 g/mol. The van der Waals surface area contributed by atoms with Gasteiger partial charge < -0.3 is 10.2 Å². The van der Waals surface area contributed by atoms with Crippen molar-refractivity contribution >= 4 is 17.6 Å². The highest BCUT2D eigenvalue weighted by Crippen LogP contribution is 2.37. The quantitative estimate of drug-likeness (QED) is 0.821. The normalized spacial score (nSPS) is 28.5. The van der Waals surface area contributed by atoms with Gasteiger partial charge in [-0.15, -0.1) is 0 Å². The molecule has 2 heterocycles. The number of aryl methyl sites for hydroxylation is 1. The molecule has 2 aliphatic heterocycles. The Balaban J connectivity index is 1.57. The summed E-state index contributed by atoms with van der Waals surface area (Å²) in [6, 6.07) is 1.77. The van der Waals surface area contributed by atoms with Crippen LogP contribution in [0.25, 0.3) is 0 Å². The maximum atomic E-state index is 14.4. The number of fused-ring (bicyclic) bond motifs is 1. The lowest BCUT2D eigenvalue weighted by atomic mass is 9.77. The van der Waals surface area contributed by atoms with Gasteiger partial charge in [0.2, 0.25) is 0 Å². The van der Waals surface area contributed by atoms with Crippen LogP contribution in [0, 0.1) is 17.6 Å². The third kappa shape index (κ3) is 2.73. The van der Waals surface area contributed by atoms with Crippen molar-refractivity contribution in [3.8, 4) is 0 Å². The minimum atomic E-state index is -0.802. The lowest BCUT2D eigenvalue weighted by Gasteiger charge is -2.35. The fourth-order valence-electron chi connectivity index (χ4n) is 4.45. The summed E-state index contributed by atoms with van der Waals surface area (Å²) in [5.41, 5.74) is 0.0854. The third-order valence-corrected chi connectivity index (χ3v) is 5.98. The summed E-state index contributed by atoms with van der Waals surface area (Å²) in [5.74, 6) is -0.914. The van der Waals surface area contributed by atoms with Crippen LogP contribution < -0.4 is 10.2 Å². The van der Waals surface area contributed by atoms with E-state index in [0.717, 1.165) is 25.3 Å². The molecule has 1 aromatic rings. The van der Waals surface area contributed by atoms with Crippen LogP contribution in [-0.4, -0.2) is 35.6 Å². The second-order valence-electron chi connectivity index (χ2n) is 7.83. The maximum Gasteiger partial charge on any atom is 0.326 e. The van der Waals surface area contributed by atoms with Gasteiger partial charge >= 0.3 is 6.03 Å². The van der Waals surface area contributed by atoms with E-state index in [1.165, 1.54) is 11.0 Å². The molecule has 1 saturated heterocycles. The smallest absolute Gasteiger partial charge is 0.326 e. The average molecular weight is 363 g/mol. The Hall–Kier alpha value is -2.18. The molecule has 140 valence electrons. The molecule has 3 amide bonds. The van der Waals surface area contributed by atoms with E-state index in [9.17, 15) is 18.4 Å². The second-order valence-corrected chi connectivity index (χ2v) is 7.83. The first kappa shape index (κ1) is 17.2. The zero-order valence-corrected chi connectivity index (χ0v) is 14.9. The molecule has 1 aliphatic carbocycles. The molecule has 7 heteroatoms. The Labute approximate surface area is 151 Å². The molecule has 3 aliphatic rings. The predicted octanol–water partition coefficient (Wildman–Crippen LogP) is 3.18. The third-order valence-electron chi connectivity index (χ3n) is 5.98. The van der Waals surface area contributed by atoms with Gasteiger partial charge in [-0.3, -0.25) is 4.79 Å². The summed E-state index contributed by atoms with van der Waals surface area (Å²) in [5, 5.41) is 2.88. The first-order chi connectivity index (χ1) is 12.4. The molecule has 0 aromatic heterocycles. The molecule has 2 fully saturated rings. The SMILES string of the molecule is CC1CCC2(CC1)NC(=O)N(CN1CCCc3cc(F)cc(F)c31)C2=O. The van der Waals surface area contributed by atoms with Crippen LogP contribution in [0.15, 0.2) is 12.1 Å². The number of amides is 3. The first-order valence-electron chi connectivity index (χ1n) is 9.26. The molecule has 1 spiro atoms. The number of rotatable bonds is 2. The molecule has 0 radical (unpaired) electrons. The van der Waals surface area contributed by atoms with Gasteiger partial charge in [-0.2, -0.15) is 0 Å². The fourth-order valence-corrected chi connectivity index (χ4v) is 4.45.